The number of hydrogen-bond acceptors (Lipinski definition) is 3. The van der Waals surface area contributed by atoms with Crippen LogP contribution in [-0.4, -0.2) is 35.9 Å². The van der Waals surface area contributed by atoms with E-state index in [4.69, 9.17) is 0 Å². The van der Waals surface area contributed by atoms with Crippen molar-refractivity contribution in [2.75, 3.05) is 18.1 Å². The van der Waals surface area contributed by atoms with Crippen LogP contribution in [0, 0.1) is 5.82 Å². The summed E-state index contributed by atoms with van der Waals surface area (Å²) < 4.78 is 12.7. The van der Waals surface area contributed by atoms with Crippen LogP contribution >= 0.6 is 11.8 Å². The molecule has 1 aromatic rings. The number of hydrogen-bond donors (Lipinski definition) is 2. The fraction of sp³-hybridized carbons (Fsp3) is 0.429. The molecule has 1 aromatic carbocycles. The van der Waals surface area contributed by atoms with Crippen molar-refractivity contribution in [2.45, 2.75) is 18.9 Å². The molecule has 2 rings (SSSR count). The third-order valence-corrected chi connectivity index (χ3v) is 4.10. The highest BCUT2D eigenvalue weighted by Gasteiger charge is 2.22. The molecule has 1 aliphatic rings. The normalized spacial score (nSPS) is 19.1. The Morgan fingerprint density at radius 2 is 2.15 bits per heavy atom. The van der Waals surface area contributed by atoms with Crippen LogP contribution in [0.15, 0.2) is 24.3 Å². The van der Waals surface area contributed by atoms with Gasteiger partial charge >= 0.3 is 0 Å². The molecular formula is C14H17FN2O2S. The fourth-order valence-electron chi connectivity index (χ4n) is 1.92. The van der Waals surface area contributed by atoms with Gasteiger partial charge in [-0.25, -0.2) is 4.39 Å². The van der Waals surface area contributed by atoms with Crippen LogP contribution in [0.1, 0.15) is 12.0 Å². The van der Waals surface area contributed by atoms with Gasteiger partial charge in [0.1, 0.15) is 11.9 Å². The number of amides is 2. The third-order valence-electron chi connectivity index (χ3n) is 3.04. The van der Waals surface area contributed by atoms with Crippen LogP contribution in [-0.2, 0) is 16.0 Å². The molecule has 1 fully saturated rings. The van der Waals surface area contributed by atoms with Gasteiger partial charge in [-0.1, -0.05) is 12.1 Å². The van der Waals surface area contributed by atoms with Gasteiger partial charge in [0.25, 0.3) is 0 Å². The van der Waals surface area contributed by atoms with Gasteiger partial charge in [-0.15, -0.1) is 0 Å². The van der Waals surface area contributed by atoms with Crippen molar-refractivity contribution in [1.82, 2.24) is 10.6 Å². The highest BCUT2D eigenvalue weighted by atomic mass is 32.2. The highest BCUT2D eigenvalue weighted by Crippen LogP contribution is 2.10. The molecule has 0 radical (unpaired) electrons. The molecule has 108 valence electrons. The number of halogens is 1. The van der Waals surface area contributed by atoms with Crippen LogP contribution in [0.5, 0.6) is 0 Å². The number of rotatable bonds is 4. The maximum atomic E-state index is 12.7. The molecule has 0 aliphatic carbocycles. The maximum Gasteiger partial charge on any atom is 0.243 e. The molecule has 2 amide bonds. The summed E-state index contributed by atoms with van der Waals surface area (Å²) in [6, 6.07) is 5.75. The predicted molar refractivity (Wildman–Crippen MR) is 77.0 cm³/mol. The van der Waals surface area contributed by atoms with E-state index in [9.17, 15) is 14.0 Å². The minimum atomic E-state index is -0.455. The zero-order chi connectivity index (χ0) is 14.4. The van der Waals surface area contributed by atoms with Crippen molar-refractivity contribution in [3.63, 3.8) is 0 Å². The van der Waals surface area contributed by atoms with Crippen molar-refractivity contribution in [3.05, 3.63) is 35.6 Å². The van der Waals surface area contributed by atoms with Gasteiger partial charge < -0.3 is 10.6 Å². The number of carbonyl (C=O) groups excluding carboxylic acids is 2. The number of thioether (sulfide) groups is 1. The zero-order valence-electron chi connectivity index (χ0n) is 11.0. The van der Waals surface area contributed by atoms with Crippen molar-refractivity contribution >= 4 is 23.6 Å². The van der Waals surface area contributed by atoms with E-state index in [1.54, 1.807) is 23.9 Å². The summed E-state index contributed by atoms with van der Waals surface area (Å²) in [5, 5.41) is 5.52. The van der Waals surface area contributed by atoms with E-state index in [0.29, 0.717) is 25.1 Å². The quantitative estimate of drug-likeness (QED) is 0.875. The first kappa shape index (κ1) is 14.8. The van der Waals surface area contributed by atoms with Gasteiger partial charge in [-0.3, -0.25) is 9.59 Å². The summed E-state index contributed by atoms with van der Waals surface area (Å²) in [6.45, 7) is 0.474. The zero-order valence-corrected chi connectivity index (χ0v) is 11.8. The van der Waals surface area contributed by atoms with Gasteiger partial charge in [0.15, 0.2) is 0 Å². The van der Waals surface area contributed by atoms with Gasteiger partial charge in [0.05, 0.1) is 0 Å². The smallest absolute Gasteiger partial charge is 0.243 e. The standard InChI is InChI=1S/C14H17FN2O2S/c15-11-3-1-10(2-4-11)5-7-16-14(19)12-9-20-8-6-13(18)17-12/h1-4,12H,5-9H2,(H,16,19)(H,17,18)/t12-/m0/s1. The summed E-state index contributed by atoms with van der Waals surface area (Å²) >= 11 is 1.60. The molecule has 1 saturated heterocycles. The largest absolute Gasteiger partial charge is 0.354 e. The molecule has 1 heterocycles. The SMILES string of the molecule is O=C1CCSC[C@@H](C(=O)NCCc2ccc(F)cc2)N1. The molecule has 0 spiro atoms. The lowest BCUT2D eigenvalue weighted by molar-refractivity contribution is -0.128. The monoisotopic (exact) mass is 296 g/mol. The summed E-state index contributed by atoms with van der Waals surface area (Å²) in [5.74, 6) is 0.860. The summed E-state index contributed by atoms with van der Waals surface area (Å²) in [6.07, 6.45) is 1.10. The Morgan fingerprint density at radius 3 is 2.90 bits per heavy atom. The third kappa shape index (κ3) is 4.52. The first-order chi connectivity index (χ1) is 9.65. The van der Waals surface area contributed by atoms with Gasteiger partial charge in [0.2, 0.25) is 11.8 Å². The molecular weight excluding hydrogens is 279 g/mol. The fourth-order valence-corrected chi connectivity index (χ4v) is 2.89. The summed E-state index contributed by atoms with van der Waals surface area (Å²) in [7, 11) is 0. The van der Waals surface area contributed by atoms with Crippen LogP contribution < -0.4 is 10.6 Å². The summed E-state index contributed by atoms with van der Waals surface area (Å²) in [5.41, 5.74) is 0.964. The van der Waals surface area contributed by atoms with Crippen molar-refractivity contribution in [3.8, 4) is 0 Å². The lowest BCUT2D eigenvalue weighted by Gasteiger charge is -2.15. The molecule has 4 nitrogen and oxygen atoms in total. The Balaban J connectivity index is 1.76. The Hall–Kier alpha value is -1.56. The van der Waals surface area contributed by atoms with E-state index in [1.165, 1.54) is 12.1 Å². The molecule has 1 atom stereocenters. The lowest BCUT2D eigenvalue weighted by Crippen LogP contribution is -2.47. The van der Waals surface area contributed by atoms with Gasteiger partial charge in [-0.05, 0) is 24.1 Å². The first-order valence-electron chi connectivity index (χ1n) is 6.54. The average Bonchev–Trinajstić information content (AvgIpc) is 2.65. The predicted octanol–water partition coefficient (Wildman–Crippen LogP) is 1.11. The highest BCUT2D eigenvalue weighted by molar-refractivity contribution is 7.99. The minimum Gasteiger partial charge on any atom is -0.354 e. The minimum absolute atomic E-state index is 0.0753. The van der Waals surface area contributed by atoms with Gasteiger partial charge in [0, 0.05) is 24.5 Å². The summed E-state index contributed by atoms with van der Waals surface area (Å²) in [4.78, 5) is 23.3. The van der Waals surface area contributed by atoms with E-state index in [0.717, 1.165) is 11.3 Å². The average molecular weight is 296 g/mol. The first-order valence-corrected chi connectivity index (χ1v) is 7.70. The molecule has 0 bridgehead atoms. The van der Waals surface area contributed by atoms with Crippen molar-refractivity contribution < 1.29 is 14.0 Å². The van der Waals surface area contributed by atoms with Crippen LogP contribution in [0.3, 0.4) is 0 Å². The van der Waals surface area contributed by atoms with Crippen LogP contribution in [0.2, 0.25) is 0 Å². The Labute approximate surface area is 121 Å². The van der Waals surface area contributed by atoms with E-state index in [2.05, 4.69) is 10.6 Å². The van der Waals surface area contributed by atoms with E-state index in [1.807, 2.05) is 0 Å². The maximum absolute atomic E-state index is 12.7. The van der Waals surface area contributed by atoms with Crippen LogP contribution in [0.25, 0.3) is 0 Å². The van der Waals surface area contributed by atoms with E-state index < -0.39 is 6.04 Å². The molecule has 20 heavy (non-hydrogen) atoms. The van der Waals surface area contributed by atoms with Crippen molar-refractivity contribution in [1.29, 1.82) is 0 Å². The van der Waals surface area contributed by atoms with E-state index >= 15 is 0 Å². The molecule has 1 aliphatic heterocycles. The lowest BCUT2D eigenvalue weighted by atomic mass is 10.1. The molecule has 0 aromatic heterocycles. The topological polar surface area (TPSA) is 58.2 Å². The molecule has 0 unspecified atom stereocenters. The Kier molecular flexibility index (Phi) is 5.40. The molecule has 6 heteroatoms. The molecule has 0 saturated carbocycles. The number of benzene rings is 1. The van der Waals surface area contributed by atoms with Gasteiger partial charge in [-0.2, -0.15) is 11.8 Å². The number of carbonyl (C=O) groups is 2. The van der Waals surface area contributed by atoms with E-state index in [-0.39, 0.29) is 17.6 Å². The van der Waals surface area contributed by atoms with Crippen LogP contribution in [0.4, 0.5) is 4.39 Å². The Morgan fingerprint density at radius 1 is 1.40 bits per heavy atom. The number of nitrogens with one attached hydrogen (secondary N) is 2. The Bertz CT molecular complexity index is 479. The second-order valence-electron chi connectivity index (χ2n) is 4.61. The second kappa shape index (κ2) is 7.28. The van der Waals surface area contributed by atoms with Crippen molar-refractivity contribution in [2.24, 2.45) is 0 Å². The molecule has 2 N–H and O–H groups in total. The second-order valence-corrected chi connectivity index (χ2v) is 5.76.